The van der Waals surface area contributed by atoms with Crippen LogP contribution < -0.4 is 5.32 Å². The molecule has 0 aliphatic heterocycles. The van der Waals surface area contributed by atoms with Crippen LogP contribution in [-0.4, -0.2) is 5.91 Å². The van der Waals surface area contributed by atoms with Gasteiger partial charge in [-0.15, -0.1) is 0 Å². The first kappa shape index (κ1) is 14.9. The Morgan fingerprint density at radius 1 is 1.30 bits per heavy atom. The number of hydrogen-bond acceptors (Lipinski definition) is 2. The summed E-state index contributed by atoms with van der Waals surface area (Å²) in [5, 5.41) is 2.20. The standard InChI is InChI=1S/C12H6BrClF3NO2/c13-8-2-1-6(12(15,16)17)5-9(8)18-11(19)7-3-4-20-10(7)14/h1-5H,(H,18,19). The van der Waals surface area contributed by atoms with Gasteiger partial charge in [-0.1, -0.05) is 0 Å². The van der Waals surface area contributed by atoms with E-state index in [0.717, 1.165) is 12.1 Å². The number of hydrogen-bond donors (Lipinski definition) is 1. The minimum absolute atomic E-state index is 0.0120. The lowest BCUT2D eigenvalue weighted by atomic mass is 10.2. The van der Waals surface area contributed by atoms with Gasteiger partial charge in [0.15, 0.2) is 0 Å². The van der Waals surface area contributed by atoms with E-state index in [1.54, 1.807) is 0 Å². The Labute approximate surface area is 124 Å². The van der Waals surface area contributed by atoms with Gasteiger partial charge in [0.1, 0.15) is 0 Å². The molecule has 0 aliphatic rings. The van der Waals surface area contributed by atoms with E-state index in [9.17, 15) is 18.0 Å². The van der Waals surface area contributed by atoms with Crippen molar-refractivity contribution in [2.24, 2.45) is 0 Å². The smallest absolute Gasteiger partial charge is 0.416 e. The van der Waals surface area contributed by atoms with Crippen molar-refractivity contribution in [2.45, 2.75) is 6.18 Å². The summed E-state index contributed by atoms with van der Waals surface area (Å²) < 4.78 is 42.9. The Bertz CT molecular complexity index is 654. The first-order valence-electron chi connectivity index (χ1n) is 5.20. The lowest BCUT2D eigenvalue weighted by Crippen LogP contribution is -2.13. The summed E-state index contributed by atoms with van der Waals surface area (Å²) >= 11 is 8.69. The Morgan fingerprint density at radius 3 is 2.55 bits per heavy atom. The van der Waals surface area contributed by atoms with Crippen LogP contribution in [0.2, 0.25) is 5.22 Å². The number of alkyl halides is 3. The molecule has 1 heterocycles. The second-order valence-corrected chi connectivity index (χ2v) is 4.95. The first-order valence-corrected chi connectivity index (χ1v) is 6.37. The first-order chi connectivity index (χ1) is 9.29. The lowest BCUT2D eigenvalue weighted by Gasteiger charge is -2.11. The van der Waals surface area contributed by atoms with Crippen molar-refractivity contribution < 1.29 is 22.4 Å². The number of carbonyl (C=O) groups is 1. The topological polar surface area (TPSA) is 42.2 Å². The predicted molar refractivity (Wildman–Crippen MR) is 70.8 cm³/mol. The number of rotatable bonds is 2. The second-order valence-electron chi connectivity index (χ2n) is 3.75. The van der Waals surface area contributed by atoms with E-state index in [1.807, 2.05) is 0 Å². The average molecular weight is 369 g/mol. The summed E-state index contributed by atoms with van der Waals surface area (Å²) in [4.78, 5) is 11.9. The van der Waals surface area contributed by atoms with Gasteiger partial charge in [0.05, 0.1) is 23.1 Å². The van der Waals surface area contributed by atoms with Crippen LogP contribution in [-0.2, 0) is 6.18 Å². The van der Waals surface area contributed by atoms with Crippen LogP contribution >= 0.6 is 27.5 Å². The molecular weight excluding hydrogens is 362 g/mol. The normalized spacial score (nSPS) is 11.4. The molecule has 106 valence electrons. The molecule has 1 aromatic carbocycles. The molecule has 0 spiro atoms. The molecule has 1 aromatic heterocycles. The van der Waals surface area contributed by atoms with Crippen LogP contribution in [0.1, 0.15) is 15.9 Å². The summed E-state index contributed by atoms with van der Waals surface area (Å²) in [6, 6.07) is 4.26. The Kier molecular flexibility index (Phi) is 4.10. The van der Waals surface area contributed by atoms with Crippen molar-refractivity contribution in [3.8, 4) is 0 Å². The Hall–Kier alpha value is -1.47. The molecule has 0 unspecified atom stereocenters. The highest BCUT2D eigenvalue weighted by atomic mass is 79.9. The fourth-order valence-electron chi connectivity index (χ4n) is 1.44. The molecule has 2 rings (SSSR count). The van der Waals surface area contributed by atoms with Crippen molar-refractivity contribution >= 4 is 39.1 Å². The Balaban J connectivity index is 2.30. The minimum Gasteiger partial charge on any atom is -0.452 e. The van der Waals surface area contributed by atoms with Crippen molar-refractivity contribution in [1.29, 1.82) is 0 Å². The largest absolute Gasteiger partial charge is 0.452 e. The third-order valence-electron chi connectivity index (χ3n) is 2.40. The summed E-state index contributed by atoms with van der Waals surface area (Å²) in [7, 11) is 0. The van der Waals surface area contributed by atoms with E-state index >= 15 is 0 Å². The zero-order chi connectivity index (χ0) is 14.9. The molecule has 3 nitrogen and oxygen atoms in total. The van der Waals surface area contributed by atoms with Crippen molar-refractivity contribution in [2.75, 3.05) is 5.32 Å². The van der Waals surface area contributed by atoms with Crippen molar-refractivity contribution in [1.82, 2.24) is 0 Å². The summed E-state index contributed by atoms with van der Waals surface area (Å²) in [5.41, 5.74) is -0.840. The number of halogens is 5. The van der Waals surface area contributed by atoms with Gasteiger partial charge in [-0.2, -0.15) is 13.2 Å². The molecule has 0 bridgehead atoms. The molecule has 2 aromatic rings. The van der Waals surface area contributed by atoms with E-state index in [4.69, 9.17) is 16.0 Å². The molecule has 1 N–H and O–H groups in total. The highest BCUT2D eigenvalue weighted by Gasteiger charge is 2.31. The predicted octanol–water partition coefficient (Wildman–Crippen LogP) is 4.97. The van der Waals surface area contributed by atoms with E-state index in [1.165, 1.54) is 18.4 Å². The summed E-state index contributed by atoms with van der Waals surface area (Å²) in [6.45, 7) is 0. The maximum Gasteiger partial charge on any atom is 0.416 e. The van der Waals surface area contributed by atoms with Gasteiger partial charge in [-0.05, 0) is 51.8 Å². The highest BCUT2D eigenvalue weighted by molar-refractivity contribution is 9.10. The van der Waals surface area contributed by atoms with Crippen LogP contribution in [0, 0.1) is 0 Å². The molecule has 0 radical (unpaired) electrons. The van der Waals surface area contributed by atoms with Gasteiger partial charge in [0.25, 0.3) is 5.91 Å². The summed E-state index contributed by atoms with van der Waals surface area (Å²) in [5.74, 6) is -0.663. The van der Waals surface area contributed by atoms with Crippen LogP contribution in [0.3, 0.4) is 0 Å². The van der Waals surface area contributed by atoms with Crippen molar-refractivity contribution in [3.63, 3.8) is 0 Å². The molecular formula is C12H6BrClF3NO2. The fourth-order valence-corrected chi connectivity index (χ4v) is 1.99. The number of furan rings is 1. The zero-order valence-corrected chi connectivity index (χ0v) is 11.9. The molecule has 0 saturated heterocycles. The zero-order valence-electron chi connectivity index (χ0n) is 9.59. The van der Waals surface area contributed by atoms with Gasteiger partial charge >= 0.3 is 6.18 Å². The van der Waals surface area contributed by atoms with Gasteiger partial charge < -0.3 is 9.73 Å². The van der Waals surface area contributed by atoms with Gasteiger partial charge in [0, 0.05) is 4.47 Å². The van der Waals surface area contributed by atoms with E-state index in [2.05, 4.69) is 21.2 Å². The number of amides is 1. The Morgan fingerprint density at radius 2 is 2.00 bits per heavy atom. The van der Waals surface area contributed by atoms with Gasteiger partial charge in [0.2, 0.25) is 5.22 Å². The maximum absolute atomic E-state index is 12.6. The summed E-state index contributed by atoms with van der Waals surface area (Å²) in [6.07, 6.45) is -3.29. The van der Waals surface area contributed by atoms with Gasteiger partial charge in [-0.3, -0.25) is 4.79 Å². The number of nitrogens with one attached hydrogen (secondary N) is 1. The van der Waals surface area contributed by atoms with E-state index < -0.39 is 17.6 Å². The van der Waals surface area contributed by atoms with Crippen molar-refractivity contribution in [3.05, 3.63) is 51.3 Å². The molecule has 20 heavy (non-hydrogen) atoms. The van der Waals surface area contributed by atoms with E-state index in [-0.39, 0.29) is 16.5 Å². The molecule has 1 amide bonds. The molecule has 0 saturated carbocycles. The number of anilines is 1. The van der Waals surface area contributed by atoms with Crippen LogP contribution in [0.15, 0.2) is 39.4 Å². The maximum atomic E-state index is 12.6. The minimum atomic E-state index is -4.49. The third kappa shape index (κ3) is 3.16. The quantitative estimate of drug-likeness (QED) is 0.813. The number of benzene rings is 1. The van der Waals surface area contributed by atoms with Gasteiger partial charge in [-0.25, -0.2) is 0 Å². The van der Waals surface area contributed by atoms with Crippen LogP contribution in [0.25, 0.3) is 0 Å². The highest BCUT2D eigenvalue weighted by Crippen LogP contribution is 2.34. The molecule has 0 aliphatic carbocycles. The monoisotopic (exact) mass is 367 g/mol. The van der Waals surface area contributed by atoms with E-state index in [0.29, 0.717) is 4.47 Å². The third-order valence-corrected chi connectivity index (χ3v) is 3.39. The molecule has 8 heteroatoms. The second kappa shape index (κ2) is 5.49. The number of carbonyl (C=O) groups excluding carboxylic acids is 1. The lowest BCUT2D eigenvalue weighted by molar-refractivity contribution is -0.137. The molecule has 0 fully saturated rings. The molecule has 0 atom stereocenters. The SMILES string of the molecule is O=C(Nc1cc(C(F)(F)F)ccc1Br)c1ccoc1Cl. The average Bonchev–Trinajstić information content (AvgIpc) is 2.77. The fraction of sp³-hybridized carbons (Fsp3) is 0.0833. The van der Waals surface area contributed by atoms with Crippen LogP contribution in [0.4, 0.5) is 18.9 Å². The van der Waals surface area contributed by atoms with Crippen LogP contribution in [0.5, 0.6) is 0 Å².